The topological polar surface area (TPSA) is 127 Å². The molecule has 3 amide bonds. The first-order valence-electron chi connectivity index (χ1n) is 8.15. The highest BCUT2D eigenvalue weighted by atomic mass is 32.2. The van der Waals surface area contributed by atoms with Crippen molar-refractivity contribution >= 4 is 33.4 Å². The number of hydrogen-bond acceptors (Lipinski definition) is 5. The molecule has 8 nitrogen and oxygen atoms in total. The Kier molecular flexibility index (Phi) is 5.06. The fraction of sp³-hybridized carbons (Fsp3) is 0.167. The van der Waals surface area contributed by atoms with Crippen molar-refractivity contribution in [3.05, 3.63) is 59.7 Å². The minimum Gasteiger partial charge on any atom is -0.326 e. The van der Waals surface area contributed by atoms with Crippen LogP contribution >= 0.6 is 0 Å². The maximum Gasteiger partial charge on any atom is 0.261 e. The van der Waals surface area contributed by atoms with E-state index in [0.29, 0.717) is 23.2 Å². The first-order valence-corrected chi connectivity index (χ1v) is 9.70. The molecule has 27 heavy (non-hydrogen) atoms. The average molecular weight is 387 g/mol. The van der Waals surface area contributed by atoms with Crippen LogP contribution in [0, 0.1) is 0 Å². The Morgan fingerprint density at radius 2 is 1.52 bits per heavy atom. The van der Waals surface area contributed by atoms with Crippen molar-refractivity contribution in [2.24, 2.45) is 5.14 Å². The molecule has 3 rings (SSSR count). The SMILES string of the molecule is NS(=O)(=O)c1ccc(NC(=O)CCCN2C(=O)c3ccccc3C2=O)cc1. The van der Waals surface area contributed by atoms with Crippen molar-refractivity contribution in [1.82, 2.24) is 4.90 Å². The van der Waals surface area contributed by atoms with E-state index < -0.39 is 10.0 Å². The summed E-state index contributed by atoms with van der Waals surface area (Å²) in [6, 6.07) is 12.1. The Morgan fingerprint density at radius 3 is 2.04 bits per heavy atom. The van der Waals surface area contributed by atoms with Gasteiger partial charge in [0.1, 0.15) is 0 Å². The second-order valence-corrected chi connectivity index (χ2v) is 7.59. The van der Waals surface area contributed by atoms with Gasteiger partial charge in [0.15, 0.2) is 0 Å². The van der Waals surface area contributed by atoms with Crippen LogP contribution in [0.1, 0.15) is 33.6 Å². The number of carbonyl (C=O) groups is 3. The van der Waals surface area contributed by atoms with E-state index in [4.69, 9.17) is 5.14 Å². The van der Waals surface area contributed by atoms with Crippen LogP contribution in [0.2, 0.25) is 0 Å². The number of nitrogens with one attached hydrogen (secondary N) is 1. The van der Waals surface area contributed by atoms with Gasteiger partial charge in [-0.3, -0.25) is 19.3 Å². The molecule has 0 fully saturated rings. The number of primary sulfonamides is 1. The zero-order chi connectivity index (χ0) is 19.6. The smallest absolute Gasteiger partial charge is 0.261 e. The van der Waals surface area contributed by atoms with E-state index in [2.05, 4.69) is 5.32 Å². The van der Waals surface area contributed by atoms with Crippen LogP contribution in [-0.2, 0) is 14.8 Å². The van der Waals surface area contributed by atoms with E-state index in [-0.39, 0.29) is 35.6 Å². The molecule has 0 aromatic heterocycles. The highest BCUT2D eigenvalue weighted by Crippen LogP contribution is 2.22. The molecule has 1 heterocycles. The third kappa shape index (κ3) is 4.04. The van der Waals surface area contributed by atoms with E-state index in [1.807, 2.05) is 0 Å². The molecule has 1 aliphatic heterocycles. The molecule has 0 radical (unpaired) electrons. The number of rotatable bonds is 6. The third-order valence-corrected chi connectivity index (χ3v) is 5.06. The van der Waals surface area contributed by atoms with Crippen molar-refractivity contribution < 1.29 is 22.8 Å². The summed E-state index contributed by atoms with van der Waals surface area (Å²) in [5.41, 5.74) is 1.18. The van der Waals surface area contributed by atoms with Crippen LogP contribution in [-0.4, -0.2) is 37.6 Å². The molecule has 0 spiro atoms. The molecule has 1 aliphatic rings. The van der Waals surface area contributed by atoms with Crippen LogP contribution in [0.25, 0.3) is 0 Å². The van der Waals surface area contributed by atoms with Gasteiger partial charge >= 0.3 is 0 Å². The Morgan fingerprint density at radius 1 is 0.963 bits per heavy atom. The van der Waals surface area contributed by atoms with Gasteiger partial charge in [0.2, 0.25) is 15.9 Å². The third-order valence-electron chi connectivity index (χ3n) is 4.13. The molecule has 2 aromatic carbocycles. The monoisotopic (exact) mass is 387 g/mol. The number of fused-ring (bicyclic) bond motifs is 1. The van der Waals surface area contributed by atoms with E-state index in [1.165, 1.54) is 24.3 Å². The van der Waals surface area contributed by atoms with Gasteiger partial charge in [-0.15, -0.1) is 0 Å². The highest BCUT2D eigenvalue weighted by Gasteiger charge is 2.34. The predicted octanol–water partition coefficient (Wildman–Crippen LogP) is 1.35. The number of amides is 3. The number of anilines is 1. The summed E-state index contributed by atoms with van der Waals surface area (Å²) in [7, 11) is -3.79. The lowest BCUT2D eigenvalue weighted by Gasteiger charge is -2.13. The Labute approximate surface area is 156 Å². The summed E-state index contributed by atoms with van der Waals surface area (Å²) in [5, 5.41) is 7.64. The number of hydrogen-bond donors (Lipinski definition) is 2. The van der Waals surface area contributed by atoms with Crippen LogP contribution < -0.4 is 10.5 Å². The Balaban J connectivity index is 1.52. The van der Waals surface area contributed by atoms with E-state index >= 15 is 0 Å². The van der Waals surface area contributed by atoms with Crippen LogP contribution in [0.15, 0.2) is 53.4 Å². The van der Waals surface area contributed by atoms with Crippen molar-refractivity contribution in [3.8, 4) is 0 Å². The molecular formula is C18H17N3O5S. The molecule has 3 N–H and O–H groups in total. The van der Waals surface area contributed by atoms with Gasteiger partial charge in [-0.1, -0.05) is 12.1 Å². The normalized spacial score (nSPS) is 13.6. The van der Waals surface area contributed by atoms with Gasteiger partial charge in [-0.05, 0) is 42.8 Å². The van der Waals surface area contributed by atoms with Gasteiger partial charge < -0.3 is 5.32 Å². The molecule has 2 aromatic rings. The molecule has 9 heteroatoms. The zero-order valence-electron chi connectivity index (χ0n) is 14.2. The van der Waals surface area contributed by atoms with Crippen molar-refractivity contribution in [2.45, 2.75) is 17.7 Å². The Hall–Kier alpha value is -3.04. The summed E-state index contributed by atoms with van der Waals surface area (Å²) >= 11 is 0. The van der Waals surface area contributed by atoms with Gasteiger partial charge in [0, 0.05) is 18.7 Å². The number of carbonyl (C=O) groups excluding carboxylic acids is 3. The van der Waals surface area contributed by atoms with Gasteiger partial charge in [-0.2, -0.15) is 0 Å². The maximum atomic E-state index is 12.2. The lowest BCUT2D eigenvalue weighted by Crippen LogP contribution is -2.31. The number of nitrogens with two attached hydrogens (primary N) is 1. The van der Waals surface area contributed by atoms with Crippen molar-refractivity contribution in [2.75, 3.05) is 11.9 Å². The summed E-state index contributed by atoms with van der Waals surface area (Å²) < 4.78 is 22.4. The summed E-state index contributed by atoms with van der Waals surface area (Å²) in [6.45, 7) is 0.143. The molecular weight excluding hydrogens is 370 g/mol. The number of benzene rings is 2. The second kappa shape index (κ2) is 7.29. The predicted molar refractivity (Wildman–Crippen MR) is 97.5 cm³/mol. The standard InChI is InChI=1S/C18H17N3O5S/c19-27(25,26)13-9-7-12(8-10-13)20-16(22)6-3-11-21-17(23)14-4-1-2-5-15(14)18(21)24/h1-2,4-5,7-10H,3,6,11H2,(H,20,22)(H2,19,25,26). The average Bonchev–Trinajstić information content (AvgIpc) is 2.87. The fourth-order valence-corrected chi connectivity index (χ4v) is 3.31. The van der Waals surface area contributed by atoms with Crippen LogP contribution in [0.4, 0.5) is 5.69 Å². The summed E-state index contributed by atoms with van der Waals surface area (Å²) in [6.07, 6.45) is 0.414. The van der Waals surface area contributed by atoms with E-state index in [1.54, 1.807) is 24.3 Å². The molecule has 0 saturated heterocycles. The molecule has 0 unspecified atom stereocenters. The lowest BCUT2D eigenvalue weighted by molar-refractivity contribution is -0.116. The quantitative estimate of drug-likeness (QED) is 0.724. The van der Waals surface area contributed by atoms with Gasteiger partial charge in [0.05, 0.1) is 16.0 Å². The largest absolute Gasteiger partial charge is 0.326 e. The summed E-state index contributed by atoms with van der Waals surface area (Å²) in [5.74, 6) is -1.01. The first-order chi connectivity index (χ1) is 12.8. The van der Waals surface area contributed by atoms with Crippen LogP contribution in [0.5, 0.6) is 0 Å². The summed E-state index contributed by atoms with van der Waals surface area (Å²) in [4.78, 5) is 37.6. The molecule has 0 aliphatic carbocycles. The lowest BCUT2D eigenvalue weighted by atomic mass is 10.1. The van der Waals surface area contributed by atoms with Crippen molar-refractivity contribution in [1.29, 1.82) is 0 Å². The fourth-order valence-electron chi connectivity index (χ4n) is 2.79. The number of nitrogens with zero attached hydrogens (tertiary/aromatic N) is 1. The number of sulfonamides is 1. The van der Waals surface area contributed by atoms with Gasteiger partial charge in [0.25, 0.3) is 11.8 Å². The Bertz CT molecular complexity index is 981. The van der Waals surface area contributed by atoms with Crippen molar-refractivity contribution in [3.63, 3.8) is 0 Å². The number of imide groups is 1. The second-order valence-electron chi connectivity index (χ2n) is 6.03. The van der Waals surface area contributed by atoms with E-state index in [0.717, 1.165) is 4.90 Å². The molecule has 0 saturated carbocycles. The van der Waals surface area contributed by atoms with Gasteiger partial charge in [-0.25, -0.2) is 13.6 Å². The maximum absolute atomic E-state index is 12.2. The van der Waals surface area contributed by atoms with E-state index in [9.17, 15) is 22.8 Å². The highest BCUT2D eigenvalue weighted by molar-refractivity contribution is 7.89. The molecule has 0 atom stereocenters. The zero-order valence-corrected chi connectivity index (χ0v) is 15.0. The minimum absolute atomic E-state index is 0.0499. The molecule has 0 bridgehead atoms. The minimum atomic E-state index is -3.79. The molecule has 140 valence electrons. The van der Waals surface area contributed by atoms with Crippen LogP contribution in [0.3, 0.4) is 0 Å². The first kappa shape index (κ1) is 18.7.